The van der Waals surface area contributed by atoms with Crippen molar-refractivity contribution in [3.63, 3.8) is 0 Å². The highest BCUT2D eigenvalue weighted by atomic mass is 32.2. The van der Waals surface area contributed by atoms with E-state index >= 15 is 0 Å². The largest absolute Gasteiger partial charge is 0.377 e. The lowest BCUT2D eigenvalue weighted by Crippen LogP contribution is -2.38. The monoisotopic (exact) mass is 383 g/mol. The highest BCUT2D eigenvalue weighted by molar-refractivity contribution is 7.89. The molecule has 5 nitrogen and oxygen atoms in total. The average molecular weight is 384 g/mol. The standard InChI is InChI=1S/C21H25N3O2S/c1-24(2)20-12-6-11-19-18(20)10-7-13-21(19)27(25,26)23-15-17(22)14-16-8-4-3-5-9-16/h3-13,17,23H,14-15,22H2,1-2H3/t17-/m1/s1. The van der Waals surface area contributed by atoms with E-state index in [-0.39, 0.29) is 17.5 Å². The van der Waals surface area contributed by atoms with E-state index in [1.165, 1.54) is 0 Å². The van der Waals surface area contributed by atoms with Crippen molar-refractivity contribution in [2.24, 2.45) is 5.73 Å². The van der Waals surface area contributed by atoms with Gasteiger partial charge in [-0.1, -0.05) is 54.6 Å². The first-order valence-corrected chi connectivity index (χ1v) is 10.3. The van der Waals surface area contributed by atoms with Crippen molar-refractivity contribution in [1.82, 2.24) is 4.72 Å². The number of hydrogen-bond donors (Lipinski definition) is 2. The molecule has 0 aliphatic heterocycles. The fourth-order valence-corrected chi connectivity index (χ4v) is 4.49. The summed E-state index contributed by atoms with van der Waals surface area (Å²) in [4.78, 5) is 2.25. The first-order valence-electron chi connectivity index (χ1n) is 8.87. The molecule has 0 fully saturated rings. The number of hydrogen-bond acceptors (Lipinski definition) is 4. The van der Waals surface area contributed by atoms with Crippen LogP contribution in [0.2, 0.25) is 0 Å². The summed E-state index contributed by atoms with van der Waals surface area (Å²) in [7, 11) is 0.217. The number of nitrogens with zero attached hydrogens (tertiary/aromatic N) is 1. The van der Waals surface area contributed by atoms with Gasteiger partial charge in [0.2, 0.25) is 10.0 Å². The third kappa shape index (κ3) is 4.47. The summed E-state index contributed by atoms with van der Waals surface area (Å²) in [5.41, 5.74) is 8.20. The Bertz CT molecular complexity index is 1020. The van der Waals surface area contributed by atoms with Crippen LogP contribution in [0, 0.1) is 0 Å². The summed E-state index contributed by atoms with van der Waals surface area (Å²) in [6.07, 6.45) is 0.615. The second-order valence-electron chi connectivity index (χ2n) is 6.82. The molecule has 27 heavy (non-hydrogen) atoms. The molecular formula is C21H25N3O2S. The molecule has 0 aliphatic carbocycles. The molecule has 0 spiro atoms. The zero-order valence-electron chi connectivity index (χ0n) is 15.6. The summed E-state index contributed by atoms with van der Waals surface area (Å²) in [5.74, 6) is 0. The molecule has 0 unspecified atom stereocenters. The fraction of sp³-hybridized carbons (Fsp3) is 0.238. The maximum atomic E-state index is 12.9. The molecule has 0 aromatic heterocycles. The van der Waals surface area contributed by atoms with E-state index in [1.807, 2.05) is 73.6 Å². The van der Waals surface area contributed by atoms with Gasteiger partial charge in [-0.2, -0.15) is 0 Å². The Labute approximate surface area is 160 Å². The Morgan fingerprint density at radius 3 is 2.30 bits per heavy atom. The minimum absolute atomic E-state index is 0.182. The van der Waals surface area contributed by atoms with Crippen LogP contribution >= 0.6 is 0 Å². The minimum atomic E-state index is -3.67. The number of sulfonamides is 1. The van der Waals surface area contributed by atoms with Crippen molar-refractivity contribution in [3.05, 3.63) is 72.3 Å². The zero-order chi connectivity index (χ0) is 19.4. The quantitative estimate of drug-likeness (QED) is 0.658. The van der Waals surface area contributed by atoms with Crippen molar-refractivity contribution in [3.8, 4) is 0 Å². The van der Waals surface area contributed by atoms with Gasteiger partial charge in [-0.25, -0.2) is 13.1 Å². The van der Waals surface area contributed by atoms with Crippen molar-refractivity contribution >= 4 is 26.5 Å². The molecule has 0 saturated heterocycles. The van der Waals surface area contributed by atoms with E-state index in [1.54, 1.807) is 12.1 Å². The van der Waals surface area contributed by atoms with Crippen LogP contribution in [-0.4, -0.2) is 35.1 Å². The van der Waals surface area contributed by atoms with Gasteiger partial charge >= 0.3 is 0 Å². The van der Waals surface area contributed by atoms with Gasteiger partial charge in [0.1, 0.15) is 0 Å². The van der Waals surface area contributed by atoms with E-state index in [9.17, 15) is 8.42 Å². The van der Waals surface area contributed by atoms with Crippen LogP contribution in [0.3, 0.4) is 0 Å². The molecule has 3 N–H and O–H groups in total. The summed E-state index contributed by atoms with van der Waals surface area (Å²) in [6, 6.07) is 20.5. The Balaban J connectivity index is 1.82. The lowest BCUT2D eigenvalue weighted by Gasteiger charge is -2.18. The van der Waals surface area contributed by atoms with Gasteiger partial charge in [-0.3, -0.25) is 0 Å². The molecule has 0 saturated carbocycles. The molecular weight excluding hydrogens is 358 g/mol. The summed E-state index contributed by atoms with van der Waals surface area (Å²) in [5, 5.41) is 1.60. The van der Waals surface area contributed by atoms with Crippen LogP contribution in [0.5, 0.6) is 0 Å². The first-order chi connectivity index (χ1) is 12.9. The van der Waals surface area contributed by atoms with Gasteiger partial charge in [-0.05, 0) is 24.1 Å². The predicted molar refractivity (Wildman–Crippen MR) is 112 cm³/mol. The maximum Gasteiger partial charge on any atom is 0.241 e. The smallest absolute Gasteiger partial charge is 0.241 e. The molecule has 3 aromatic rings. The Morgan fingerprint density at radius 1 is 0.926 bits per heavy atom. The normalized spacial score (nSPS) is 12.9. The van der Waals surface area contributed by atoms with Gasteiger partial charge < -0.3 is 10.6 Å². The third-order valence-electron chi connectivity index (χ3n) is 4.51. The lowest BCUT2D eigenvalue weighted by molar-refractivity contribution is 0.567. The van der Waals surface area contributed by atoms with Gasteiger partial charge in [-0.15, -0.1) is 0 Å². The fourth-order valence-electron chi connectivity index (χ4n) is 3.17. The van der Waals surface area contributed by atoms with Gasteiger partial charge in [0.25, 0.3) is 0 Å². The maximum absolute atomic E-state index is 12.9. The molecule has 142 valence electrons. The van der Waals surface area contributed by atoms with Crippen LogP contribution in [0.1, 0.15) is 5.56 Å². The minimum Gasteiger partial charge on any atom is -0.377 e. The van der Waals surface area contributed by atoms with Gasteiger partial charge in [0, 0.05) is 43.1 Å². The highest BCUT2D eigenvalue weighted by Crippen LogP contribution is 2.30. The number of nitrogens with one attached hydrogen (secondary N) is 1. The van der Waals surface area contributed by atoms with E-state index in [2.05, 4.69) is 4.72 Å². The van der Waals surface area contributed by atoms with Crippen LogP contribution < -0.4 is 15.4 Å². The van der Waals surface area contributed by atoms with E-state index < -0.39 is 10.0 Å². The summed E-state index contributed by atoms with van der Waals surface area (Å²) < 4.78 is 28.5. The molecule has 0 radical (unpaired) electrons. The van der Waals surface area contributed by atoms with Crippen LogP contribution in [0.4, 0.5) is 5.69 Å². The number of rotatable bonds is 7. The SMILES string of the molecule is CN(C)c1cccc2c(S(=O)(=O)NC[C@H](N)Cc3ccccc3)cccc12. The van der Waals surface area contributed by atoms with Gasteiger partial charge in [0.15, 0.2) is 0 Å². The molecule has 1 atom stereocenters. The van der Waals surface area contributed by atoms with Crippen molar-refractivity contribution in [2.75, 3.05) is 25.5 Å². The van der Waals surface area contributed by atoms with Crippen molar-refractivity contribution in [2.45, 2.75) is 17.4 Å². The molecule has 0 amide bonds. The topological polar surface area (TPSA) is 75.4 Å². The molecule has 3 rings (SSSR count). The molecule has 0 heterocycles. The number of benzene rings is 3. The first kappa shape index (κ1) is 19.4. The summed E-state index contributed by atoms with van der Waals surface area (Å²) >= 11 is 0. The zero-order valence-corrected chi connectivity index (χ0v) is 16.4. The number of anilines is 1. The molecule has 0 aliphatic rings. The number of fused-ring (bicyclic) bond motifs is 1. The van der Waals surface area contributed by atoms with Crippen molar-refractivity contribution < 1.29 is 8.42 Å². The van der Waals surface area contributed by atoms with E-state index in [0.717, 1.165) is 16.6 Å². The number of nitrogens with two attached hydrogens (primary N) is 1. The average Bonchev–Trinajstić information content (AvgIpc) is 2.66. The molecule has 3 aromatic carbocycles. The highest BCUT2D eigenvalue weighted by Gasteiger charge is 2.19. The van der Waals surface area contributed by atoms with E-state index in [4.69, 9.17) is 5.73 Å². The third-order valence-corrected chi connectivity index (χ3v) is 5.99. The van der Waals surface area contributed by atoms with Crippen molar-refractivity contribution in [1.29, 1.82) is 0 Å². The molecule has 6 heteroatoms. The van der Waals surface area contributed by atoms with E-state index in [0.29, 0.717) is 11.8 Å². The Morgan fingerprint density at radius 2 is 1.59 bits per heavy atom. The lowest BCUT2D eigenvalue weighted by atomic mass is 10.1. The predicted octanol–water partition coefficient (Wildman–Crippen LogP) is 2.75. The Kier molecular flexibility index (Phi) is 5.79. The second-order valence-corrected chi connectivity index (χ2v) is 8.56. The Hall–Kier alpha value is -2.41. The van der Waals surface area contributed by atoms with Gasteiger partial charge in [0.05, 0.1) is 4.90 Å². The second kappa shape index (κ2) is 8.08. The van der Waals surface area contributed by atoms with Crippen LogP contribution in [0.15, 0.2) is 71.6 Å². The van der Waals surface area contributed by atoms with Crippen LogP contribution in [-0.2, 0) is 16.4 Å². The molecule has 0 bridgehead atoms. The van der Waals surface area contributed by atoms with Crippen LogP contribution in [0.25, 0.3) is 10.8 Å². The summed E-state index contributed by atoms with van der Waals surface area (Å²) in [6.45, 7) is 0.182.